The van der Waals surface area contributed by atoms with Crippen molar-refractivity contribution in [3.63, 3.8) is 0 Å². The summed E-state index contributed by atoms with van der Waals surface area (Å²) < 4.78 is 0. The van der Waals surface area contributed by atoms with Crippen molar-refractivity contribution >= 4 is 28.9 Å². The Morgan fingerprint density at radius 1 is 1.47 bits per heavy atom. The minimum Gasteiger partial charge on any atom is -0.321 e. The van der Waals surface area contributed by atoms with Crippen molar-refractivity contribution in [3.8, 4) is 0 Å². The predicted octanol–water partition coefficient (Wildman–Crippen LogP) is 2.11. The van der Waals surface area contributed by atoms with Crippen LogP contribution in [0.15, 0.2) is 29.3 Å². The third-order valence-electron chi connectivity index (χ3n) is 2.96. The standard InChI is InChI=1S/C12H12ClN3O3/c1-7(8-5-14-6-8)12(17)15-11-3-2-9(16(18)19)4-10(11)13/h2-4,14H,5-6H2,1H3,(H,15,17). The van der Waals surface area contributed by atoms with Gasteiger partial charge in [0, 0.05) is 30.8 Å². The molecule has 1 heterocycles. The summed E-state index contributed by atoms with van der Waals surface area (Å²) in [7, 11) is 0. The van der Waals surface area contributed by atoms with E-state index in [1.165, 1.54) is 18.2 Å². The molecular weight excluding hydrogens is 270 g/mol. The molecule has 0 atom stereocenters. The summed E-state index contributed by atoms with van der Waals surface area (Å²) in [5, 5.41) is 16.4. The number of benzene rings is 1. The predicted molar refractivity (Wildman–Crippen MR) is 72.3 cm³/mol. The fourth-order valence-electron chi connectivity index (χ4n) is 1.61. The first-order chi connectivity index (χ1) is 8.99. The number of nitrogens with zero attached hydrogens (tertiary/aromatic N) is 1. The number of carbonyl (C=O) groups is 1. The SMILES string of the molecule is CC(C(=O)Nc1ccc([N+](=O)[O-])cc1Cl)=C1CNC1. The van der Waals surface area contributed by atoms with E-state index in [9.17, 15) is 14.9 Å². The van der Waals surface area contributed by atoms with Crippen molar-refractivity contribution < 1.29 is 9.72 Å². The molecular formula is C12H12ClN3O3. The number of amides is 1. The molecule has 0 saturated carbocycles. The number of nitro groups is 1. The molecule has 1 aromatic rings. The molecule has 1 aliphatic heterocycles. The summed E-state index contributed by atoms with van der Waals surface area (Å²) in [6.45, 7) is 3.17. The lowest BCUT2D eigenvalue weighted by Gasteiger charge is -2.21. The third kappa shape index (κ3) is 2.91. The van der Waals surface area contributed by atoms with Crippen molar-refractivity contribution in [1.82, 2.24) is 5.32 Å². The normalized spacial score (nSPS) is 13.7. The second-order valence-electron chi connectivity index (χ2n) is 4.21. The lowest BCUT2D eigenvalue weighted by Crippen LogP contribution is -2.36. The molecule has 0 spiro atoms. The van der Waals surface area contributed by atoms with Crippen LogP contribution in [-0.4, -0.2) is 23.9 Å². The van der Waals surface area contributed by atoms with Crippen molar-refractivity contribution in [1.29, 1.82) is 0 Å². The molecule has 1 fully saturated rings. The minimum atomic E-state index is -0.537. The van der Waals surface area contributed by atoms with Crippen molar-refractivity contribution in [3.05, 3.63) is 44.5 Å². The van der Waals surface area contributed by atoms with Gasteiger partial charge in [0.15, 0.2) is 0 Å². The highest BCUT2D eigenvalue weighted by Gasteiger charge is 2.17. The van der Waals surface area contributed by atoms with E-state index in [1.54, 1.807) is 6.92 Å². The second-order valence-corrected chi connectivity index (χ2v) is 4.61. The fourth-order valence-corrected chi connectivity index (χ4v) is 1.83. The van der Waals surface area contributed by atoms with Gasteiger partial charge in [-0.3, -0.25) is 14.9 Å². The van der Waals surface area contributed by atoms with Crippen LogP contribution in [-0.2, 0) is 4.79 Å². The zero-order chi connectivity index (χ0) is 14.0. The van der Waals surface area contributed by atoms with Crippen molar-refractivity contribution in [2.45, 2.75) is 6.92 Å². The quantitative estimate of drug-likeness (QED) is 0.505. The van der Waals surface area contributed by atoms with E-state index in [0.29, 0.717) is 24.4 Å². The molecule has 2 rings (SSSR count). The van der Waals surface area contributed by atoms with E-state index < -0.39 is 4.92 Å². The van der Waals surface area contributed by atoms with E-state index in [0.717, 1.165) is 5.57 Å². The van der Waals surface area contributed by atoms with Gasteiger partial charge in [-0.05, 0) is 18.6 Å². The van der Waals surface area contributed by atoms with E-state index >= 15 is 0 Å². The number of rotatable bonds is 3. The molecule has 0 radical (unpaired) electrons. The Hall–Kier alpha value is -1.92. The summed E-state index contributed by atoms with van der Waals surface area (Å²) in [5.41, 5.74) is 1.95. The molecule has 7 heteroatoms. The highest BCUT2D eigenvalue weighted by molar-refractivity contribution is 6.34. The Bertz CT molecular complexity index is 578. The van der Waals surface area contributed by atoms with Crippen molar-refractivity contribution in [2.75, 3.05) is 18.4 Å². The van der Waals surface area contributed by atoms with E-state index in [-0.39, 0.29) is 16.6 Å². The Morgan fingerprint density at radius 2 is 2.16 bits per heavy atom. The van der Waals surface area contributed by atoms with Crippen LogP contribution in [0.2, 0.25) is 5.02 Å². The monoisotopic (exact) mass is 281 g/mol. The summed E-state index contributed by atoms with van der Waals surface area (Å²) in [6.07, 6.45) is 0. The van der Waals surface area contributed by atoms with E-state index in [2.05, 4.69) is 10.6 Å². The van der Waals surface area contributed by atoms with Gasteiger partial charge in [-0.1, -0.05) is 11.6 Å². The maximum Gasteiger partial charge on any atom is 0.271 e. The third-order valence-corrected chi connectivity index (χ3v) is 3.27. The number of nitro benzene ring substituents is 1. The zero-order valence-corrected chi connectivity index (χ0v) is 11.0. The van der Waals surface area contributed by atoms with Gasteiger partial charge >= 0.3 is 0 Å². The smallest absolute Gasteiger partial charge is 0.271 e. The Kier molecular flexibility index (Phi) is 3.82. The average Bonchev–Trinajstić information content (AvgIpc) is 2.29. The Labute approximate surface area is 114 Å². The van der Waals surface area contributed by atoms with Gasteiger partial charge in [-0.2, -0.15) is 0 Å². The summed E-state index contributed by atoms with van der Waals surface area (Å²) in [5.74, 6) is -0.243. The van der Waals surface area contributed by atoms with Crippen LogP contribution in [0.5, 0.6) is 0 Å². The average molecular weight is 282 g/mol. The molecule has 6 nitrogen and oxygen atoms in total. The topological polar surface area (TPSA) is 84.3 Å². The molecule has 0 unspecified atom stereocenters. The molecule has 100 valence electrons. The number of non-ortho nitro benzene ring substituents is 1. The molecule has 19 heavy (non-hydrogen) atoms. The molecule has 2 N–H and O–H groups in total. The Balaban J connectivity index is 2.15. The number of nitrogens with one attached hydrogen (secondary N) is 2. The maximum atomic E-state index is 11.9. The van der Waals surface area contributed by atoms with Crippen LogP contribution >= 0.6 is 11.6 Å². The maximum absolute atomic E-state index is 11.9. The van der Waals surface area contributed by atoms with E-state index in [1.807, 2.05) is 0 Å². The van der Waals surface area contributed by atoms with Crippen LogP contribution in [0, 0.1) is 10.1 Å². The van der Waals surface area contributed by atoms with Gasteiger partial charge in [0.1, 0.15) is 0 Å². The minimum absolute atomic E-state index is 0.110. The molecule has 0 aliphatic carbocycles. The molecule has 1 saturated heterocycles. The second kappa shape index (κ2) is 5.38. The molecule has 1 amide bonds. The van der Waals surface area contributed by atoms with Gasteiger partial charge in [0.2, 0.25) is 0 Å². The van der Waals surface area contributed by atoms with E-state index in [4.69, 9.17) is 11.6 Å². The number of hydrogen-bond donors (Lipinski definition) is 2. The lowest BCUT2D eigenvalue weighted by molar-refractivity contribution is -0.384. The summed E-state index contributed by atoms with van der Waals surface area (Å²) >= 11 is 5.90. The number of anilines is 1. The first-order valence-corrected chi connectivity index (χ1v) is 6.01. The highest BCUT2D eigenvalue weighted by atomic mass is 35.5. The van der Waals surface area contributed by atoms with Crippen LogP contribution < -0.4 is 10.6 Å². The van der Waals surface area contributed by atoms with Gasteiger partial charge in [-0.15, -0.1) is 0 Å². The van der Waals surface area contributed by atoms with Gasteiger partial charge in [0.25, 0.3) is 11.6 Å². The zero-order valence-electron chi connectivity index (χ0n) is 10.2. The molecule has 1 aromatic carbocycles. The van der Waals surface area contributed by atoms with Crippen LogP contribution in [0.3, 0.4) is 0 Å². The largest absolute Gasteiger partial charge is 0.321 e. The number of halogens is 1. The van der Waals surface area contributed by atoms with Crippen molar-refractivity contribution in [2.24, 2.45) is 0 Å². The first-order valence-electron chi connectivity index (χ1n) is 5.63. The van der Waals surface area contributed by atoms with Crippen LogP contribution in [0.4, 0.5) is 11.4 Å². The molecule has 0 aromatic heterocycles. The van der Waals surface area contributed by atoms with Gasteiger partial charge < -0.3 is 10.6 Å². The lowest BCUT2D eigenvalue weighted by atomic mass is 10.0. The highest BCUT2D eigenvalue weighted by Crippen LogP contribution is 2.27. The van der Waals surface area contributed by atoms with Gasteiger partial charge in [0.05, 0.1) is 15.6 Å². The van der Waals surface area contributed by atoms with Crippen LogP contribution in [0.25, 0.3) is 0 Å². The number of hydrogen-bond acceptors (Lipinski definition) is 4. The fraction of sp³-hybridized carbons (Fsp3) is 0.250. The summed E-state index contributed by atoms with van der Waals surface area (Å²) in [4.78, 5) is 22.0. The number of carbonyl (C=O) groups excluding carboxylic acids is 1. The van der Waals surface area contributed by atoms with Gasteiger partial charge in [-0.25, -0.2) is 0 Å². The summed E-state index contributed by atoms with van der Waals surface area (Å²) in [6, 6.07) is 3.94. The van der Waals surface area contributed by atoms with Crippen LogP contribution in [0.1, 0.15) is 6.92 Å². The Morgan fingerprint density at radius 3 is 2.63 bits per heavy atom. The molecule has 0 bridgehead atoms. The first kappa shape index (κ1) is 13.5. The molecule has 1 aliphatic rings.